The highest BCUT2D eigenvalue weighted by Crippen LogP contribution is 2.34. The minimum Gasteiger partial charge on any atom is -0.484 e. The summed E-state index contributed by atoms with van der Waals surface area (Å²) in [6, 6.07) is 9.57. The number of nitrogens with one attached hydrogen (secondary N) is 1. The number of halogens is 5. The van der Waals surface area contributed by atoms with Crippen LogP contribution in [0.1, 0.15) is 11.4 Å². The Morgan fingerprint density at radius 1 is 1.21 bits per heavy atom. The number of anilines is 1. The van der Waals surface area contributed by atoms with Crippen molar-refractivity contribution in [3.8, 4) is 5.75 Å². The molecule has 1 aromatic heterocycles. The zero-order chi connectivity index (χ0) is 24.0. The van der Waals surface area contributed by atoms with E-state index in [9.17, 15) is 18.0 Å². The molecule has 1 N–H and O–H groups in total. The molecule has 6 nitrogen and oxygen atoms in total. The van der Waals surface area contributed by atoms with Gasteiger partial charge in [0.25, 0.3) is 0 Å². The van der Waals surface area contributed by atoms with Crippen molar-refractivity contribution in [3.05, 3.63) is 76.6 Å². The van der Waals surface area contributed by atoms with Crippen LogP contribution in [0.2, 0.25) is 10.0 Å². The predicted octanol–water partition coefficient (Wildman–Crippen LogP) is 6.10. The fraction of sp³-hybridized carbons (Fsp3) is 0.190. The van der Waals surface area contributed by atoms with Crippen molar-refractivity contribution in [2.75, 3.05) is 11.1 Å². The molecule has 174 valence electrons. The zero-order valence-corrected chi connectivity index (χ0v) is 19.2. The van der Waals surface area contributed by atoms with Gasteiger partial charge in [-0.25, -0.2) is 0 Å². The minimum absolute atomic E-state index is 0.0205. The lowest BCUT2D eigenvalue weighted by Gasteiger charge is -2.13. The fourth-order valence-electron chi connectivity index (χ4n) is 2.73. The van der Waals surface area contributed by atoms with E-state index in [1.165, 1.54) is 18.2 Å². The molecule has 0 spiro atoms. The highest BCUT2D eigenvalue weighted by molar-refractivity contribution is 7.99. The first-order valence-electron chi connectivity index (χ1n) is 9.38. The first-order chi connectivity index (χ1) is 15.7. The van der Waals surface area contributed by atoms with Crippen molar-refractivity contribution in [1.29, 1.82) is 0 Å². The average Bonchev–Trinajstić information content (AvgIpc) is 3.14. The van der Waals surface area contributed by atoms with Crippen molar-refractivity contribution in [2.45, 2.75) is 24.5 Å². The summed E-state index contributed by atoms with van der Waals surface area (Å²) in [6.45, 7) is 4.04. The van der Waals surface area contributed by atoms with E-state index in [2.05, 4.69) is 22.1 Å². The number of aromatic nitrogens is 3. The van der Waals surface area contributed by atoms with Gasteiger partial charge in [-0.05, 0) is 24.3 Å². The highest BCUT2D eigenvalue weighted by Gasteiger charge is 2.33. The maximum atomic E-state index is 13.1. The van der Waals surface area contributed by atoms with Crippen LogP contribution in [0.15, 0.2) is 60.3 Å². The van der Waals surface area contributed by atoms with Crippen LogP contribution >= 0.6 is 35.0 Å². The molecule has 33 heavy (non-hydrogen) atoms. The standard InChI is InChI=1S/C21H17Cl2F3N4O2S/c1-2-9-30-18(11-32-17-10-13(22)7-8-15(17)23)28-29-20(30)33-12-19(31)27-16-6-4-3-5-14(16)21(24,25)26/h2-8,10H,1,9,11-12H2,(H,27,31). The molecular formula is C21H17Cl2F3N4O2S. The lowest BCUT2D eigenvalue weighted by atomic mass is 10.1. The second-order valence-corrected chi connectivity index (χ2v) is 8.33. The van der Waals surface area contributed by atoms with Gasteiger partial charge in [-0.3, -0.25) is 9.36 Å². The van der Waals surface area contributed by atoms with Gasteiger partial charge in [0, 0.05) is 17.6 Å². The van der Waals surface area contributed by atoms with Crippen molar-refractivity contribution >= 4 is 46.6 Å². The molecule has 0 atom stereocenters. The van der Waals surface area contributed by atoms with E-state index < -0.39 is 17.6 Å². The lowest BCUT2D eigenvalue weighted by molar-refractivity contribution is -0.137. The van der Waals surface area contributed by atoms with Gasteiger partial charge in [0.2, 0.25) is 5.91 Å². The first kappa shape index (κ1) is 24.9. The molecule has 3 rings (SSSR count). The van der Waals surface area contributed by atoms with E-state index in [0.29, 0.717) is 33.3 Å². The van der Waals surface area contributed by atoms with Gasteiger partial charge < -0.3 is 10.1 Å². The number of thioether (sulfide) groups is 1. The molecule has 0 saturated heterocycles. The number of carbonyl (C=O) groups excluding carboxylic acids is 1. The summed E-state index contributed by atoms with van der Waals surface area (Å²) in [4.78, 5) is 12.3. The molecule has 0 aliphatic heterocycles. The normalized spacial score (nSPS) is 11.3. The number of alkyl halides is 3. The number of rotatable bonds is 9. The first-order valence-corrected chi connectivity index (χ1v) is 11.1. The van der Waals surface area contributed by atoms with Crippen LogP contribution in [0.4, 0.5) is 18.9 Å². The van der Waals surface area contributed by atoms with Gasteiger partial charge in [0.05, 0.1) is 22.0 Å². The van der Waals surface area contributed by atoms with E-state index in [1.807, 2.05) is 0 Å². The molecule has 2 aromatic carbocycles. The third-order valence-electron chi connectivity index (χ3n) is 4.19. The van der Waals surface area contributed by atoms with Crippen LogP contribution in [-0.4, -0.2) is 26.4 Å². The Hall–Kier alpha value is -2.69. The number of allylic oxidation sites excluding steroid dienone is 1. The summed E-state index contributed by atoms with van der Waals surface area (Å²) in [7, 11) is 0. The zero-order valence-electron chi connectivity index (χ0n) is 16.9. The molecular weight excluding hydrogens is 500 g/mol. The molecule has 0 aliphatic rings. The second kappa shape index (κ2) is 11.0. The Labute approximate surface area is 201 Å². The third kappa shape index (κ3) is 6.66. The quantitative estimate of drug-likeness (QED) is 0.275. The SMILES string of the molecule is C=CCn1c(COc2cc(Cl)ccc2Cl)nnc1SCC(=O)Nc1ccccc1C(F)(F)F. The van der Waals surface area contributed by atoms with E-state index >= 15 is 0 Å². The summed E-state index contributed by atoms with van der Waals surface area (Å²) >= 11 is 13.1. The molecule has 1 amide bonds. The summed E-state index contributed by atoms with van der Waals surface area (Å²) in [5.74, 6) is 0.0153. The monoisotopic (exact) mass is 516 g/mol. The van der Waals surface area contributed by atoms with E-state index in [4.69, 9.17) is 27.9 Å². The van der Waals surface area contributed by atoms with Crippen LogP contribution in [0, 0.1) is 0 Å². The molecule has 0 saturated carbocycles. The van der Waals surface area contributed by atoms with Crippen molar-refractivity contribution in [1.82, 2.24) is 14.8 Å². The second-order valence-electron chi connectivity index (χ2n) is 6.54. The Balaban J connectivity index is 1.67. The van der Waals surface area contributed by atoms with Crippen LogP contribution in [-0.2, 0) is 24.1 Å². The molecule has 3 aromatic rings. The predicted molar refractivity (Wildman–Crippen MR) is 122 cm³/mol. The summed E-state index contributed by atoms with van der Waals surface area (Å²) in [5.41, 5.74) is -1.23. The number of carbonyl (C=O) groups is 1. The molecule has 0 radical (unpaired) electrons. The number of nitrogens with zero attached hydrogens (tertiary/aromatic N) is 3. The summed E-state index contributed by atoms with van der Waals surface area (Å²) in [6.07, 6.45) is -2.97. The Bertz CT molecular complexity index is 1150. The molecule has 12 heteroatoms. The Morgan fingerprint density at radius 2 is 1.97 bits per heavy atom. The number of hydrogen-bond acceptors (Lipinski definition) is 5. The van der Waals surface area contributed by atoms with Gasteiger partial charge in [-0.15, -0.1) is 16.8 Å². The average molecular weight is 517 g/mol. The Morgan fingerprint density at radius 3 is 2.70 bits per heavy atom. The number of benzene rings is 2. The maximum Gasteiger partial charge on any atom is 0.418 e. The molecule has 0 bridgehead atoms. The number of hydrogen-bond donors (Lipinski definition) is 1. The van der Waals surface area contributed by atoms with Crippen molar-refractivity contribution < 1.29 is 22.7 Å². The van der Waals surface area contributed by atoms with Gasteiger partial charge in [-0.1, -0.05) is 53.2 Å². The van der Waals surface area contributed by atoms with Crippen molar-refractivity contribution in [3.63, 3.8) is 0 Å². The number of para-hydroxylation sites is 1. The summed E-state index contributed by atoms with van der Waals surface area (Å²) < 4.78 is 46.7. The van der Waals surface area contributed by atoms with Gasteiger partial charge >= 0.3 is 6.18 Å². The number of ether oxygens (including phenoxy) is 1. The largest absolute Gasteiger partial charge is 0.484 e. The topological polar surface area (TPSA) is 69.0 Å². The fourth-order valence-corrected chi connectivity index (χ4v) is 3.83. The lowest BCUT2D eigenvalue weighted by Crippen LogP contribution is -2.18. The van der Waals surface area contributed by atoms with E-state index in [1.54, 1.807) is 28.8 Å². The van der Waals surface area contributed by atoms with Crippen LogP contribution in [0.5, 0.6) is 5.75 Å². The third-order valence-corrected chi connectivity index (χ3v) is 5.71. The molecule has 0 unspecified atom stereocenters. The maximum absolute atomic E-state index is 13.1. The van der Waals surface area contributed by atoms with Gasteiger partial charge in [-0.2, -0.15) is 13.2 Å². The van der Waals surface area contributed by atoms with E-state index in [0.717, 1.165) is 17.8 Å². The minimum atomic E-state index is -4.58. The van der Waals surface area contributed by atoms with Gasteiger partial charge in [0.1, 0.15) is 12.4 Å². The molecule has 0 aliphatic carbocycles. The summed E-state index contributed by atoms with van der Waals surface area (Å²) in [5, 5.41) is 11.6. The smallest absolute Gasteiger partial charge is 0.418 e. The highest BCUT2D eigenvalue weighted by atomic mass is 35.5. The van der Waals surface area contributed by atoms with E-state index in [-0.39, 0.29) is 18.0 Å². The van der Waals surface area contributed by atoms with Crippen LogP contribution in [0.3, 0.4) is 0 Å². The molecule has 0 fully saturated rings. The van der Waals surface area contributed by atoms with Gasteiger partial charge in [0.15, 0.2) is 11.0 Å². The number of amides is 1. The Kier molecular flexibility index (Phi) is 8.28. The van der Waals surface area contributed by atoms with Crippen LogP contribution < -0.4 is 10.1 Å². The van der Waals surface area contributed by atoms with Crippen LogP contribution in [0.25, 0.3) is 0 Å². The van der Waals surface area contributed by atoms with Crippen molar-refractivity contribution in [2.24, 2.45) is 0 Å². The molecule has 1 heterocycles.